The number of amides is 1. The van der Waals surface area contributed by atoms with Gasteiger partial charge in [0, 0.05) is 24.4 Å². The summed E-state index contributed by atoms with van der Waals surface area (Å²) in [4.78, 5) is 27.3. The first-order valence-corrected chi connectivity index (χ1v) is 15.6. The van der Waals surface area contributed by atoms with E-state index >= 15 is 0 Å². The minimum atomic E-state index is -0.475. The summed E-state index contributed by atoms with van der Waals surface area (Å²) in [7, 11) is 0. The van der Waals surface area contributed by atoms with Gasteiger partial charge in [-0.15, -0.1) is 11.8 Å². The Morgan fingerprint density at radius 1 is 0.881 bits per heavy atom. The van der Waals surface area contributed by atoms with Crippen LogP contribution < -0.4 is 5.32 Å². The number of carbonyl (C=O) groups excluding carboxylic acids is 1. The molecule has 0 aliphatic heterocycles. The highest BCUT2D eigenvalue weighted by molar-refractivity contribution is 7.99. The molecule has 42 heavy (non-hydrogen) atoms. The molecule has 1 fully saturated rings. The number of hydrogen-bond acceptors (Lipinski definition) is 7. The fraction of sp³-hybridized carbons (Fsp3) is 0.323. The van der Waals surface area contributed by atoms with Crippen molar-refractivity contribution in [2.75, 3.05) is 12.3 Å². The van der Waals surface area contributed by atoms with Gasteiger partial charge in [0.05, 0.1) is 5.69 Å². The molecule has 1 amide bonds. The Balaban J connectivity index is 0.000000192. The molecule has 2 aromatic carbocycles. The van der Waals surface area contributed by atoms with Crippen LogP contribution in [-0.4, -0.2) is 43.9 Å². The van der Waals surface area contributed by atoms with Gasteiger partial charge in [0.1, 0.15) is 15.8 Å². The average molecular weight is 647 g/mol. The Labute approximate surface area is 266 Å². The van der Waals surface area contributed by atoms with Crippen LogP contribution >= 0.6 is 46.6 Å². The van der Waals surface area contributed by atoms with Crippen LogP contribution in [0.2, 0.25) is 15.7 Å². The summed E-state index contributed by atoms with van der Waals surface area (Å²) in [5.41, 5.74) is 1.84. The number of carbonyl (C=O) groups is 1. The lowest BCUT2D eigenvalue weighted by Crippen LogP contribution is -2.33. The normalized spacial score (nSPS) is 15.6. The van der Waals surface area contributed by atoms with Crippen molar-refractivity contribution in [2.24, 2.45) is 0 Å². The third-order valence-corrected chi connectivity index (χ3v) is 7.33. The summed E-state index contributed by atoms with van der Waals surface area (Å²) in [6, 6.07) is 26.1. The molecule has 0 bridgehead atoms. The molecule has 2 unspecified atom stereocenters. The number of nitrogens with zero attached hydrogens (tertiary/aromatic N) is 4. The predicted molar refractivity (Wildman–Crippen MR) is 172 cm³/mol. The highest BCUT2D eigenvalue weighted by Crippen LogP contribution is 2.48. The van der Waals surface area contributed by atoms with E-state index in [2.05, 4.69) is 49.5 Å². The predicted octanol–water partition coefficient (Wildman–Crippen LogP) is 8.88. The molecule has 11 heteroatoms. The summed E-state index contributed by atoms with van der Waals surface area (Å²) in [5.74, 6) is 1.62. The number of benzene rings is 2. The smallest absolute Gasteiger partial charge is 0.407 e. The van der Waals surface area contributed by atoms with Gasteiger partial charge in [-0.1, -0.05) is 78.3 Å². The molecule has 1 saturated carbocycles. The lowest BCUT2D eigenvalue weighted by atomic mass is 9.68. The molecule has 222 valence electrons. The monoisotopic (exact) mass is 645 g/mol. The van der Waals surface area contributed by atoms with Crippen molar-refractivity contribution in [3.63, 3.8) is 0 Å². The molecule has 0 radical (unpaired) electrons. The van der Waals surface area contributed by atoms with Crippen LogP contribution in [0.15, 0.2) is 90.1 Å². The molecule has 5 rings (SSSR count). The van der Waals surface area contributed by atoms with Gasteiger partial charge in [0.2, 0.25) is 10.6 Å². The van der Waals surface area contributed by atoms with Gasteiger partial charge in [0.15, 0.2) is 0 Å². The van der Waals surface area contributed by atoms with Crippen LogP contribution in [0.5, 0.6) is 0 Å². The SMILES string of the molecule is CC(C)(C)OC(=O)NCCSc1ccnc(Cl)n1.Clc1cc(C2CCC2c2ccccc2)nc(Cl)n1.c1ccccc1. The van der Waals surface area contributed by atoms with Gasteiger partial charge in [0.25, 0.3) is 0 Å². The summed E-state index contributed by atoms with van der Waals surface area (Å²) in [5, 5.41) is 4.32. The van der Waals surface area contributed by atoms with Gasteiger partial charge in [-0.3, -0.25) is 0 Å². The Morgan fingerprint density at radius 3 is 2.05 bits per heavy atom. The minimum absolute atomic E-state index is 0.222. The fourth-order valence-electron chi connectivity index (χ4n) is 3.96. The molecule has 7 nitrogen and oxygen atoms in total. The van der Waals surface area contributed by atoms with Crippen LogP contribution in [0.3, 0.4) is 0 Å². The number of hydrogen-bond donors (Lipinski definition) is 1. The van der Waals surface area contributed by atoms with Crippen LogP contribution in [0.1, 0.15) is 56.7 Å². The summed E-state index contributed by atoms with van der Waals surface area (Å²) in [6.07, 6.45) is 3.50. The zero-order valence-corrected chi connectivity index (χ0v) is 26.8. The standard InChI is InChI=1S/C14H12Cl2N2.C11H16ClN3O2S.C6H6/c15-13-8-12(17-14(16)18-13)11-7-6-10(11)9-4-2-1-3-5-9;1-11(2,3)17-10(16)14-6-7-18-8-4-5-13-9(12)15-8;1-2-4-6-5-3-1/h1-5,8,10-11H,6-7H2;4-5H,6-7H2,1-3H3,(H,14,16);1-6H. The van der Waals surface area contributed by atoms with Gasteiger partial charge in [-0.2, -0.15) is 0 Å². The third kappa shape index (κ3) is 12.5. The Morgan fingerprint density at radius 2 is 1.50 bits per heavy atom. The van der Waals surface area contributed by atoms with Crippen molar-refractivity contribution in [2.45, 2.75) is 56.1 Å². The van der Waals surface area contributed by atoms with Crippen LogP contribution in [0.4, 0.5) is 4.79 Å². The van der Waals surface area contributed by atoms with E-state index in [4.69, 9.17) is 39.5 Å². The Hall–Kier alpha value is -2.91. The van der Waals surface area contributed by atoms with Gasteiger partial charge in [-0.05, 0) is 80.4 Å². The fourth-order valence-corrected chi connectivity index (χ4v) is 5.30. The van der Waals surface area contributed by atoms with E-state index in [0.29, 0.717) is 29.3 Å². The summed E-state index contributed by atoms with van der Waals surface area (Å²) < 4.78 is 5.10. The molecule has 4 aromatic rings. The zero-order chi connectivity index (χ0) is 30.4. The zero-order valence-electron chi connectivity index (χ0n) is 23.7. The van der Waals surface area contributed by atoms with Gasteiger partial charge < -0.3 is 10.1 Å². The molecule has 1 aliphatic rings. The number of rotatable bonds is 6. The number of ether oxygens (including phenoxy) is 1. The topological polar surface area (TPSA) is 89.9 Å². The number of aromatic nitrogens is 4. The molecular formula is C31H34Cl3N5O2S. The molecule has 2 atom stereocenters. The van der Waals surface area contributed by atoms with E-state index in [-0.39, 0.29) is 10.6 Å². The van der Waals surface area contributed by atoms with Crippen LogP contribution in [0, 0.1) is 0 Å². The highest BCUT2D eigenvalue weighted by atomic mass is 35.5. The second-order valence-electron chi connectivity index (χ2n) is 10.2. The molecule has 2 heterocycles. The molecule has 1 N–H and O–H groups in total. The van der Waals surface area contributed by atoms with E-state index in [1.54, 1.807) is 12.3 Å². The number of nitrogens with one attached hydrogen (secondary N) is 1. The molecule has 2 aromatic heterocycles. The Bertz CT molecular complexity index is 1330. The van der Waals surface area contributed by atoms with E-state index < -0.39 is 11.7 Å². The second kappa shape index (κ2) is 17.3. The van der Waals surface area contributed by atoms with E-state index in [1.807, 2.05) is 69.3 Å². The van der Waals surface area contributed by atoms with Gasteiger partial charge in [-0.25, -0.2) is 24.7 Å². The maximum Gasteiger partial charge on any atom is 0.407 e. The van der Waals surface area contributed by atoms with E-state index in [9.17, 15) is 4.79 Å². The maximum atomic E-state index is 11.3. The van der Waals surface area contributed by atoms with E-state index in [0.717, 1.165) is 17.1 Å². The van der Waals surface area contributed by atoms with Crippen molar-refractivity contribution < 1.29 is 9.53 Å². The third-order valence-electron chi connectivity index (χ3n) is 5.86. The highest BCUT2D eigenvalue weighted by Gasteiger charge is 2.34. The minimum Gasteiger partial charge on any atom is -0.444 e. The van der Waals surface area contributed by atoms with E-state index in [1.165, 1.54) is 23.7 Å². The molecular weight excluding hydrogens is 613 g/mol. The number of halogens is 3. The van der Waals surface area contributed by atoms with Crippen molar-refractivity contribution in [3.05, 3.63) is 112 Å². The summed E-state index contributed by atoms with van der Waals surface area (Å²) >= 11 is 18.9. The van der Waals surface area contributed by atoms with Crippen LogP contribution in [-0.2, 0) is 4.74 Å². The van der Waals surface area contributed by atoms with Crippen molar-refractivity contribution in [1.82, 2.24) is 25.3 Å². The first-order chi connectivity index (χ1) is 20.1. The lowest BCUT2D eigenvalue weighted by molar-refractivity contribution is 0.0531. The number of thioether (sulfide) groups is 1. The maximum absolute atomic E-state index is 11.3. The summed E-state index contributed by atoms with van der Waals surface area (Å²) in [6.45, 7) is 5.97. The first kappa shape index (κ1) is 33.6. The van der Waals surface area contributed by atoms with Crippen molar-refractivity contribution >= 4 is 52.7 Å². The van der Waals surface area contributed by atoms with Crippen molar-refractivity contribution in [1.29, 1.82) is 0 Å². The largest absolute Gasteiger partial charge is 0.444 e. The Kier molecular flexibility index (Phi) is 13.8. The number of alkyl carbamates (subject to hydrolysis) is 1. The molecule has 0 spiro atoms. The molecule has 1 aliphatic carbocycles. The lowest BCUT2D eigenvalue weighted by Gasteiger charge is -2.36. The quantitative estimate of drug-likeness (QED) is 0.0968. The first-order valence-electron chi connectivity index (χ1n) is 13.4. The molecule has 0 saturated heterocycles. The second-order valence-corrected chi connectivity index (χ2v) is 12.4. The van der Waals surface area contributed by atoms with Gasteiger partial charge >= 0.3 is 6.09 Å². The average Bonchev–Trinajstić information content (AvgIpc) is 2.91. The van der Waals surface area contributed by atoms with Crippen LogP contribution in [0.25, 0.3) is 0 Å². The van der Waals surface area contributed by atoms with Crippen molar-refractivity contribution in [3.8, 4) is 0 Å².